The summed E-state index contributed by atoms with van der Waals surface area (Å²) in [5.74, 6) is 0.102. The van der Waals surface area contributed by atoms with Crippen LogP contribution in [0.3, 0.4) is 0 Å². The molecule has 0 saturated carbocycles. The molecule has 5 heteroatoms. The van der Waals surface area contributed by atoms with E-state index < -0.39 is 0 Å². The molecule has 0 aliphatic rings. The van der Waals surface area contributed by atoms with E-state index in [1.807, 2.05) is 78.9 Å². The fourth-order valence-electron chi connectivity index (χ4n) is 2.97. The summed E-state index contributed by atoms with van der Waals surface area (Å²) >= 11 is 5.24. The first-order valence-electron chi connectivity index (χ1n) is 8.14. The quantitative estimate of drug-likeness (QED) is 0.256. The Hall–Kier alpha value is -3.31. The van der Waals surface area contributed by atoms with Crippen LogP contribution in [0, 0.1) is 0 Å². The van der Waals surface area contributed by atoms with Gasteiger partial charge in [-0.05, 0) is 35.1 Å². The van der Waals surface area contributed by atoms with Crippen LogP contribution in [0.4, 0.5) is 11.4 Å². The van der Waals surface area contributed by atoms with Crippen molar-refractivity contribution in [3.63, 3.8) is 0 Å². The number of nitrogens with zero attached hydrogens (tertiary/aromatic N) is 2. The van der Waals surface area contributed by atoms with Gasteiger partial charge in [0.25, 0.3) is 0 Å². The van der Waals surface area contributed by atoms with Gasteiger partial charge in [0.2, 0.25) is 5.11 Å². The highest BCUT2D eigenvalue weighted by atomic mass is 32.1. The molecular formula is C21H15N3OS. The van der Waals surface area contributed by atoms with Gasteiger partial charge in [0.05, 0.1) is 0 Å². The van der Waals surface area contributed by atoms with E-state index in [2.05, 4.69) is 15.5 Å². The molecule has 4 rings (SSSR count). The average molecular weight is 357 g/mol. The molecule has 0 unspecified atom stereocenters. The zero-order valence-electron chi connectivity index (χ0n) is 13.8. The van der Waals surface area contributed by atoms with E-state index >= 15 is 0 Å². The second-order valence-corrected chi connectivity index (χ2v) is 6.17. The SMILES string of the molecule is Oc1c(N=NC(=S)Nc2ccccc2)c2ccccc2c2ccccc12. The van der Waals surface area contributed by atoms with E-state index in [1.54, 1.807) is 0 Å². The molecule has 0 aromatic heterocycles. The number of azo groups is 1. The highest BCUT2D eigenvalue weighted by molar-refractivity contribution is 7.80. The van der Waals surface area contributed by atoms with Gasteiger partial charge < -0.3 is 10.4 Å². The molecule has 0 aliphatic carbocycles. The van der Waals surface area contributed by atoms with Crippen molar-refractivity contribution in [3.8, 4) is 5.75 Å². The minimum atomic E-state index is 0.102. The maximum absolute atomic E-state index is 10.7. The van der Waals surface area contributed by atoms with Crippen molar-refractivity contribution < 1.29 is 5.11 Å². The van der Waals surface area contributed by atoms with E-state index in [9.17, 15) is 5.11 Å². The van der Waals surface area contributed by atoms with E-state index in [-0.39, 0.29) is 10.9 Å². The number of anilines is 1. The summed E-state index contributed by atoms with van der Waals surface area (Å²) in [5, 5.41) is 25.9. The van der Waals surface area contributed by atoms with Gasteiger partial charge in [0.15, 0.2) is 5.75 Å². The Bertz CT molecular complexity index is 1140. The number of thiocarbonyl (C=S) groups is 1. The molecule has 4 aromatic rings. The van der Waals surface area contributed by atoms with Crippen molar-refractivity contribution in [2.75, 3.05) is 5.32 Å². The molecule has 0 radical (unpaired) electrons. The zero-order valence-corrected chi connectivity index (χ0v) is 14.6. The number of phenols is 1. The number of rotatable bonds is 2. The van der Waals surface area contributed by atoms with Crippen LogP contribution in [-0.2, 0) is 0 Å². The van der Waals surface area contributed by atoms with Crippen LogP contribution in [0.5, 0.6) is 5.75 Å². The molecule has 0 amide bonds. The Kier molecular flexibility index (Phi) is 4.29. The van der Waals surface area contributed by atoms with Crippen LogP contribution in [0.2, 0.25) is 0 Å². The summed E-state index contributed by atoms with van der Waals surface area (Å²) in [6, 6.07) is 25.0. The van der Waals surface area contributed by atoms with Gasteiger partial charge in [-0.2, -0.15) is 0 Å². The van der Waals surface area contributed by atoms with E-state index in [1.165, 1.54) is 0 Å². The van der Waals surface area contributed by atoms with Gasteiger partial charge in [-0.3, -0.25) is 0 Å². The minimum absolute atomic E-state index is 0.102. The number of hydrogen-bond donors (Lipinski definition) is 2. The summed E-state index contributed by atoms with van der Waals surface area (Å²) in [4.78, 5) is 0. The van der Waals surface area contributed by atoms with E-state index in [0.717, 1.165) is 27.2 Å². The van der Waals surface area contributed by atoms with Gasteiger partial charge in [0, 0.05) is 16.5 Å². The van der Waals surface area contributed by atoms with Gasteiger partial charge >= 0.3 is 0 Å². The molecule has 0 heterocycles. The number of hydrogen-bond acceptors (Lipinski definition) is 3. The summed E-state index contributed by atoms with van der Waals surface area (Å²) in [6.07, 6.45) is 0. The lowest BCUT2D eigenvalue weighted by molar-refractivity contribution is 0.483. The number of para-hydroxylation sites is 1. The lowest BCUT2D eigenvalue weighted by Gasteiger charge is -2.10. The molecule has 0 saturated heterocycles. The Morgan fingerprint density at radius 3 is 1.96 bits per heavy atom. The molecule has 2 N–H and O–H groups in total. The first kappa shape index (κ1) is 16.2. The van der Waals surface area contributed by atoms with Crippen LogP contribution in [0.25, 0.3) is 21.5 Å². The molecule has 4 aromatic carbocycles. The molecule has 4 nitrogen and oxygen atoms in total. The van der Waals surface area contributed by atoms with Gasteiger partial charge in [-0.25, -0.2) is 0 Å². The van der Waals surface area contributed by atoms with Crippen LogP contribution < -0.4 is 5.32 Å². The van der Waals surface area contributed by atoms with Crippen LogP contribution in [-0.4, -0.2) is 10.2 Å². The number of nitrogens with one attached hydrogen (secondary N) is 1. The number of aromatic hydroxyl groups is 1. The summed E-state index contributed by atoms with van der Waals surface area (Å²) in [7, 11) is 0. The predicted octanol–water partition coefficient (Wildman–Crippen LogP) is 6.18. The van der Waals surface area contributed by atoms with Crippen molar-refractivity contribution in [2.45, 2.75) is 0 Å². The van der Waals surface area contributed by atoms with Gasteiger partial charge in [-0.1, -0.05) is 66.7 Å². The summed E-state index contributed by atoms with van der Waals surface area (Å²) < 4.78 is 0. The zero-order chi connectivity index (χ0) is 17.9. The normalized spacial score (nSPS) is 11.2. The maximum Gasteiger partial charge on any atom is 0.218 e. The smallest absolute Gasteiger partial charge is 0.218 e. The average Bonchev–Trinajstić information content (AvgIpc) is 2.69. The standard InChI is InChI=1S/C21H15N3OS/c25-20-18-13-7-5-11-16(18)15-10-4-6-12-17(15)19(20)23-24-21(26)22-14-8-2-1-3-9-14/h1-13,25H,(H,22,26). The summed E-state index contributed by atoms with van der Waals surface area (Å²) in [5.41, 5.74) is 1.25. The largest absolute Gasteiger partial charge is 0.505 e. The topological polar surface area (TPSA) is 57.0 Å². The molecule has 0 atom stereocenters. The molecule has 0 spiro atoms. The molecular weight excluding hydrogens is 342 g/mol. The minimum Gasteiger partial charge on any atom is -0.505 e. The van der Waals surface area contributed by atoms with Crippen LogP contribution >= 0.6 is 12.2 Å². The number of fused-ring (bicyclic) bond motifs is 3. The third kappa shape index (κ3) is 3.00. The monoisotopic (exact) mass is 357 g/mol. The Labute approximate surface area is 155 Å². The molecule has 26 heavy (non-hydrogen) atoms. The molecule has 0 fully saturated rings. The Morgan fingerprint density at radius 2 is 1.27 bits per heavy atom. The third-order valence-electron chi connectivity index (χ3n) is 4.14. The van der Waals surface area contributed by atoms with Crippen molar-refractivity contribution in [3.05, 3.63) is 78.9 Å². The second kappa shape index (κ2) is 6.90. The molecule has 126 valence electrons. The van der Waals surface area contributed by atoms with Gasteiger partial charge in [0.1, 0.15) is 5.69 Å². The summed E-state index contributed by atoms with van der Waals surface area (Å²) in [6.45, 7) is 0. The number of phenolic OH excluding ortho intramolecular Hbond substituents is 1. The molecule has 0 bridgehead atoms. The fraction of sp³-hybridized carbons (Fsp3) is 0. The van der Waals surface area contributed by atoms with Gasteiger partial charge in [-0.15, -0.1) is 10.2 Å². The Balaban J connectivity index is 1.78. The van der Waals surface area contributed by atoms with Crippen molar-refractivity contribution in [2.24, 2.45) is 10.2 Å². The first-order valence-corrected chi connectivity index (χ1v) is 8.55. The molecule has 0 aliphatic heterocycles. The van der Waals surface area contributed by atoms with Crippen molar-refractivity contribution >= 4 is 50.2 Å². The van der Waals surface area contributed by atoms with Crippen molar-refractivity contribution in [1.82, 2.24) is 0 Å². The van der Waals surface area contributed by atoms with Crippen molar-refractivity contribution in [1.29, 1.82) is 0 Å². The highest BCUT2D eigenvalue weighted by Gasteiger charge is 2.13. The first-order chi connectivity index (χ1) is 12.7. The van der Waals surface area contributed by atoms with Crippen LogP contribution in [0.1, 0.15) is 0 Å². The predicted molar refractivity (Wildman–Crippen MR) is 110 cm³/mol. The lowest BCUT2D eigenvalue weighted by Crippen LogP contribution is -2.04. The lowest BCUT2D eigenvalue weighted by atomic mass is 9.99. The maximum atomic E-state index is 10.7. The van der Waals surface area contributed by atoms with Crippen LogP contribution in [0.15, 0.2) is 89.1 Å². The second-order valence-electron chi connectivity index (χ2n) is 5.78. The fourth-order valence-corrected chi connectivity index (χ4v) is 3.13. The number of benzene rings is 4. The van der Waals surface area contributed by atoms with E-state index in [0.29, 0.717) is 5.69 Å². The highest BCUT2D eigenvalue weighted by Crippen LogP contribution is 2.42. The third-order valence-corrected chi connectivity index (χ3v) is 4.33. The van der Waals surface area contributed by atoms with E-state index in [4.69, 9.17) is 12.2 Å². The Morgan fingerprint density at radius 1 is 0.731 bits per heavy atom.